The Balaban J connectivity index is 1.87. The highest BCUT2D eigenvalue weighted by atomic mass is 16.7. The number of carbonyl (C=O) groups excluding carboxylic acids is 1. The largest absolute Gasteiger partial charge is 0.469 e. The van der Waals surface area contributed by atoms with Crippen molar-refractivity contribution in [2.45, 2.75) is 5.92 Å². The van der Waals surface area contributed by atoms with Gasteiger partial charge in [-0.25, -0.2) is 0 Å². The Kier molecular flexibility index (Phi) is 2.83. The Morgan fingerprint density at radius 2 is 2.17 bits per heavy atom. The second-order valence-electron chi connectivity index (χ2n) is 4.51. The molecule has 2 heterocycles. The molecule has 1 aromatic carbocycles. The van der Waals surface area contributed by atoms with Crippen LogP contribution in [0.15, 0.2) is 18.2 Å². The van der Waals surface area contributed by atoms with E-state index in [1.807, 2.05) is 18.2 Å². The van der Waals surface area contributed by atoms with E-state index in [4.69, 9.17) is 14.2 Å². The first kappa shape index (κ1) is 11.3. The van der Waals surface area contributed by atoms with E-state index >= 15 is 0 Å². The lowest BCUT2D eigenvalue weighted by atomic mass is 9.89. The number of rotatable bonds is 2. The number of esters is 1. The zero-order chi connectivity index (χ0) is 12.5. The quantitative estimate of drug-likeness (QED) is 0.789. The molecule has 5 nitrogen and oxygen atoms in total. The number of hydrogen-bond acceptors (Lipinski definition) is 5. The van der Waals surface area contributed by atoms with Crippen LogP contribution in [0, 0.1) is 5.92 Å². The molecule has 96 valence electrons. The molecular weight excluding hydrogens is 234 g/mol. The zero-order valence-electron chi connectivity index (χ0n) is 10.1. The molecule has 2 aliphatic rings. The van der Waals surface area contributed by atoms with Crippen molar-refractivity contribution in [1.29, 1.82) is 0 Å². The third-order valence-electron chi connectivity index (χ3n) is 3.54. The van der Waals surface area contributed by atoms with Crippen LogP contribution in [0.5, 0.6) is 11.5 Å². The number of fused-ring (bicyclic) bond motifs is 1. The lowest BCUT2D eigenvalue weighted by Crippen LogP contribution is -2.22. The Bertz CT molecular complexity index is 474. The summed E-state index contributed by atoms with van der Waals surface area (Å²) in [4.78, 5) is 11.7. The van der Waals surface area contributed by atoms with Crippen LogP contribution in [0.4, 0.5) is 0 Å². The molecular formula is C13H15NO4. The topological polar surface area (TPSA) is 56.8 Å². The van der Waals surface area contributed by atoms with Crippen molar-refractivity contribution in [2.75, 3.05) is 27.0 Å². The molecule has 0 aliphatic carbocycles. The number of benzene rings is 1. The monoisotopic (exact) mass is 249 g/mol. The molecule has 2 aliphatic heterocycles. The molecule has 0 spiro atoms. The van der Waals surface area contributed by atoms with Gasteiger partial charge < -0.3 is 19.5 Å². The molecule has 0 radical (unpaired) electrons. The maximum atomic E-state index is 11.7. The van der Waals surface area contributed by atoms with Crippen molar-refractivity contribution >= 4 is 5.97 Å². The van der Waals surface area contributed by atoms with Gasteiger partial charge in [-0.15, -0.1) is 0 Å². The fraction of sp³-hybridized carbons (Fsp3) is 0.462. The molecule has 0 aromatic heterocycles. The van der Waals surface area contributed by atoms with Crippen LogP contribution in [0.3, 0.4) is 0 Å². The Morgan fingerprint density at radius 3 is 3.00 bits per heavy atom. The summed E-state index contributed by atoms with van der Waals surface area (Å²) in [5.41, 5.74) is 1.08. The molecule has 0 saturated carbocycles. The summed E-state index contributed by atoms with van der Waals surface area (Å²) >= 11 is 0. The fourth-order valence-electron chi connectivity index (χ4n) is 2.57. The summed E-state index contributed by atoms with van der Waals surface area (Å²) in [5, 5.41) is 3.23. The maximum Gasteiger partial charge on any atom is 0.310 e. The minimum atomic E-state index is -0.164. The van der Waals surface area contributed by atoms with Gasteiger partial charge in [0, 0.05) is 19.0 Å². The number of methoxy groups -OCH3 is 1. The van der Waals surface area contributed by atoms with Crippen LogP contribution in [-0.2, 0) is 9.53 Å². The summed E-state index contributed by atoms with van der Waals surface area (Å²) in [7, 11) is 1.43. The van der Waals surface area contributed by atoms with E-state index in [9.17, 15) is 4.79 Å². The van der Waals surface area contributed by atoms with E-state index in [1.165, 1.54) is 7.11 Å². The van der Waals surface area contributed by atoms with Crippen LogP contribution >= 0.6 is 0 Å². The first-order chi connectivity index (χ1) is 8.79. The highest BCUT2D eigenvalue weighted by Gasteiger charge is 2.35. The predicted octanol–water partition coefficient (Wildman–Crippen LogP) is 0.891. The van der Waals surface area contributed by atoms with E-state index in [0.29, 0.717) is 6.54 Å². The predicted molar refractivity (Wildman–Crippen MR) is 63.7 cm³/mol. The Hall–Kier alpha value is -1.75. The molecule has 1 N–H and O–H groups in total. The maximum absolute atomic E-state index is 11.7. The normalized spacial score (nSPS) is 25.2. The molecule has 3 rings (SSSR count). The van der Waals surface area contributed by atoms with E-state index < -0.39 is 0 Å². The van der Waals surface area contributed by atoms with Gasteiger partial charge in [0.05, 0.1) is 13.0 Å². The van der Waals surface area contributed by atoms with Crippen molar-refractivity contribution in [2.24, 2.45) is 5.92 Å². The van der Waals surface area contributed by atoms with Gasteiger partial charge >= 0.3 is 5.97 Å². The average Bonchev–Trinajstić information content (AvgIpc) is 3.05. The minimum Gasteiger partial charge on any atom is -0.469 e. The van der Waals surface area contributed by atoms with Crippen molar-refractivity contribution in [3.05, 3.63) is 23.8 Å². The van der Waals surface area contributed by atoms with Crippen LogP contribution < -0.4 is 14.8 Å². The van der Waals surface area contributed by atoms with Gasteiger partial charge in [-0.3, -0.25) is 4.79 Å². The second-order valence-corrected chi connectivity index (χ2v) is 4.51. The number of carbonyl (C=O) groups is 1. The van der Waals surface area contributed by atoms with Gasteiger partial charge in [-0.05, 0) is 17.7 Å². The molecule has 2 atom stereocenters. The van der Waals surface area contributed by atoms with Gasteiger partial charge in [0.15, 0.2) is 11.5 Å². The number of hydrogen-bond donors (Lipinski definition) is 1. The van der Waals surface area contributed by atoms with Crippen LogP contribution in [0.2, 0.25) is 0 Å². The van der Waals surface area contributed by atoms with Crippen LogP contribution in [0.25, 0.3) is 0 Å². The Morgan fingerprint density at radius 1 is 1.33 bits per heavy atom. The first-order valence-electron chi connectivity index (χ1n) is 5.97. The minimum absolute atomic E-state index is 0.129. The molecule has 0 amide bonds. The third kappa shape index (κ3) is 1.80. The lowest BCUT2D eigenvalue weighted by Gasteiger charge is -2.16. The van der Waals surface area contributed by atoms with E-state index in [0.717, 1.165) is 23.6 Å². The molecule has 18 heavy (non-hydrogen) atoms. The molecule has 1 saturated heterocycles. The zero-order valence-corrected chi connectivity index (χ0v) is 10.1. The van der Waals surface area contributed by atoms with Gasteiger partial charge in [0.25, 0.3) is 0 Å². The smallest absolute Gasteiger partial charge is 0.310 e. The van der Waals surface area contributed by atoms with E-state index in [-0.39, 0.29) is 24.6 Å². The summed E-state index contributed by atoms with van der Waals surface area (Å²) in [6.07, 6.45) is 0. The number of nitrogens with one attached hydrogen (secondary N) is 1. The summed E-state index contributed by atoms with van der Waals surface area (Å²) in [5.74, 6) is 1.35. The van der Waals surface area contributed by atoms with Crippen molar-refractivity contribution < 1.29 is 19.0 Å². The second kappa shape index (κ2) is 4.49. The summed E-state index contributed by atoms with van der Waals surface area (Å²) in [6.45, 7) is 1.70. The summed E-state index contributed by atoms with van der Waals surface area (Å²) < 4.78 is 15.5. The molecule has 0 bridgehead atoms. The van der Waals surface area contributed by atoms with Crippen LogP contribution in [0.1, 0.15) is 11.5 Å². The molecule has 1 aromatic rings. The molecule has 5 heteroatoms. The SMILES string of the molecule is COC(=O)[C@@H]1CNC[C@H]1c1ccc2c(c1)OCO2. The highest BCUT2D eigenvalue weighted by Crippen LogP contribution is 2.37. The van der Waals surface area contributed by atoms with E-state index in [1.54, 1.807) is 0 Å². The standard InChI is InChI=1S/C13H15NO4/c1-16-13(15)10-6-14-5-9(10)8-2-3-11-12(4-8)18-7-17-11/h2-4,9-10,14H,5-7H2,1H3/t9-,10+/m0/s1. The van der Waals surface area contributed by atoms with Crippen molar-refractivity contribution in [1.82, 2.24) is 5.32 Å². The third-order valence-corrected chi connectivity index (χ3v) is 3.54. The lowest BCUT2D eigenvalue weighted by molar-refractivity contribution is -0.145. The fourth-order valence-corrected chi connectivity index (χ4v) is 2.57. The Labute approximate surface area is 105 Å². The molecule has 1 fully saturated rings. The number of ether oxygens (including phenoxy) is 3. The van der Waals surface area contributed by atoms with Crippen LogP contribution in [-0.4, -0.2) is 33.0 Å². The van der Waals surface area contributed by atoms with Gasteiger partial charge in [0.1, 0.15) is 0 Å². The van der Waals surface area contributed by atoms with Gasteiger partial charge in [-0.1, -0.05) is 6.07 Å². The van der Waals surface area contributed by atoms with Gasteiger partial charge in [-0.2, -0.15) is 0 Å². The van der Waals surface area contributed by atoms with E-state index in [2.05, 4.69) is 5.32 Å². The molecule has 0 unspecified atom stereocenters. The summed E-state index contributed by atoms with van der Waals surface area (Å²) in [6, 6.07) is 5.83. The average molecular weight is 249 g/mol. The van der Waals surface area contributed by atoms with Crippen molar-refractivity contribution in [3.63, 3.8) is 0 Å². The first-order valence-corrected chi connectivity index (χ1v) is 5.97. The highest BCUT2D eigenvalue weighted by molar-refractivity contribution is 5.74. The van der Waals surface area contributed by atoms with Crippen molar-refractivity contribution in [3.8, 4) is 11.5 Å². The van der Waals surface area contributed by atoms with Gasteiger partial charge in [0.2, 0.25) is 6.79 Å².